The summed E-state index contributed by atoms with van der Waals surface area (Å²) in [6.07, 6.45) is 0.359. The van der Waals surface area contributed by atoms with E-state index in [2.05, 4.69) is 15.3 Å². The number of amides is 2. The lowest BCUT2D eigenvalue weighted by Crippen LogP contribution is -2.35. The molecule has 0 unspecified atom stereocenters. The van der Waals surface area contributed by atoms with E-state index >= 15 is 0 Å². The summed E-state index contributed by atoms with van der Waals surface area (Å²) in [5.74, 6) is -0.948. The minimum Gasteiger partial charge on any atom is -0.301 e. The van der Waals surface area contributed by atoms with Gasteiger partial charge in [0.1, 0.15) is 11.3 Å². The van der Waals surface area contributed by atoms with Gasteiger partial charge in [-0.3, -0.25) is 19.8 Å². The second kappa shape index (κ2) is 6.65. The van der Waals surface area contributed by atoms with Crippen LogP contribution in [0.4, 0.5) is 11.6 Å². The fourth-order valence-electron chi connectivity index (χ4n) is 3.75. The van der Waals surface area contributed by atoms with Crippen molar-refractivity contribution in [3.05, 3.63) is 50.1 Å². The third kappa shape index (κ3) is 2.93. The number of benzene rings is 1. The molecule has 0 atom stereocenters. The van der Waals surface area contributed by atoms with Crippen LogP contribution in [-0.4, -0.2) is 40.0 Å². The largest absolute Gasteiger partial charge is 0.301 e. The molecule has 2 aliphatic heterocycles. The third-order valence-corrected chi connectivity index (χ3v) is 6.49. The molecule has 2 aromatic heterocycles. The molecule has 148 valence electrons. The first kappa shape index (κ1) is 18.3. The maximum absolute atomic E-state index is 13.4. The monoisotopic (exact) mass is 429 g/mol. The molecular weight excluding hydrogens is 414 g/mol. The van der Waals surface area contributed by atoms with Crippen molar-refractivity contribution < 1.29 is 9.59 Å². The van der Waals surface area contributed by atoms with Crippen LogP contribution < -0.4 is 15.9 Å². The number of hydrogen-bond acceptors (Lipinski definition) is 6. The highest BCUT2D eigenvalue weighted by Gasteiger charge is 2.32. The van der Waals surface area contributed by atoms with E-state index in [-0.39, 0.29) is 17.9 Å². The van der Waals surface area contributed by atoms with E-state index in [0.29, 0.717) is 20.9 Å². The molecule has 0 aliphatic carbocycles. The van der Waals surface area contributed by atoms with Crippen molar-refractivity contribution >= 4 is 56.6 Å². The summed E-state index contributed by atoms with van der Waals surface area (Å²) in [4.78, 5) is 48.3. The Balaban J connectivity index is 1.78. The third-order valence-electron chi connectivity index (χ3n) is 5.13. The second-order valence-corrected chi connectivity index (χ2v) is 8.66. The molecule has 5 rings (SSSR count). The number of nitrogens with zero attached hydrogens (tertiary/aromatic N) is 4. The second-order valence-electron chi connectivity index (χ2n) is 7.14. The van der Waals surface area contributed by atoms with Gasteiger partial charge in [0.15, 0.2) is 0 Å². The minimum atomic E-state index is -0.556. The summed E-state index contributed by atoms with van der Waals surface area (Å²) < 4.78 is 1.09. The number of halogens is 1. The van der Waals surface area contributed by atoms with Gasteiger partial charge in [0.05, 0.1) is 11.1 Å². The zero-order valence-electron chi connectivity index (χ0n) is 15.4. The Morgan fingerprint density at radius 3 is 2.69 bits per heavy atom. The van der Waals surface area contributed by atoms with E-state index in [0.717, 1.165) is 34.6 Å². The average molecular weight is 430 g/mol. The van der Waals surface area contributed by atoms with Crippen LogP contribution >= 0.6 is 22.9 Å². The zero-order chi connectivity index (χ0) is 20.3. The van der Waals surface area contributed by atoms with Crippen molar-refractivity contribution in [3.8, 4) is 0 Å². The Morgan fingerprint density at radius 1 is 1.17 bits per heavy atom. The Kier molecular flexibility index (Phi) is 4.19. The highest BCUT2D eigenvalue weighted by atomic mass is 35.5. The number of likely N-dealkylation sites (N-methyl/N-ethyl adjacent to an activating group) is 1. The Bertz CT molecular complexity index is 1230. The molecule has 3 aromatic rings. The number of nitrogens with one attached hydrogen (secondary N) is 1. The molecule has 1 N–H and O–H groups in total. The SMILES string of the molecule is CN1CCc2c(sc3nc4n(c(=O)c23)NC(=O)CC(=O)N4c2ccc(Cl)cc2)C1. The van der Waals surface area contributed by atoms with Crippen LogP contribution in [0, 0.1) is 0 Å². The van der Waals surface area contributed by atoms with Gasteiger partial charge in [-0.25, -0.2) is 9.88 Å². The van der Waals surface area contributed by atoms with Crippen LogP contribution in [0.3, 0.4) is 0 Å². The molecule has 0 bridgehead atoms. The van der Waals surface area contributed by atoms with Crippen molar-refractivity contribution in [1.29, 1.82) is 0 Å². The van der Waals surface area contributed by atoms with Crippen LogP contribution in [-0.2, 0) is 22.6 Å². The topological polar surface area (TPSA) is 87.5 Å². The fraction of sp³-hybridized carbons (Fsp3) is 0.263. The molecule has 8 nitrogen and oxygen atoms in total. The summed E-state index contributed by atoms with van der Waals surface area (Å²) in [6.45, 7) is 1.60. The zero-order valence-corrected chi connectivity index (χ0v) is 17.0. The Labute approximate surface area is 174 Å². The average Bonchev–Trinajstić information content (AvgIpc) is 2.97. The van der Waals surface area contributed by atoms with E-state index in [9.17, 15) is 14.4 Å². The van der Waals surface area contributed by atoms with Crippen molar-refractivity contribution in [2.24, 2.45) is 0 Å². The molecule has 0 fully saturated rings. The van der Waals surface area contributed by atoms with Gasteiger partial charge in [-0.15, -0.1) is 11.3 Å². The van der Waals surface area contributed by atoms with Crippen molar-refractivity contribution in [3.63, 3.8) is 0 Å². The minimum absolute atomic E-state index is 0.0765. The van der Waals surface area contributed by atoms with Crippen molar-refractivity contribution in [1.82, 2.24) is 14.6 Å². The summed E-state index contributed by atoms with van der Waals surface area (Å²) >= 11 is 7.43. The first-order chi connectivity index (χ1) is 13.9. The van der Waals surface area contributed by atoms with Crippen molar-refractivity contribution in [2.45, 2.75) is 19.4 Å². The van der Waals surface area contributed by atoms with Crippen LogP contribution in [0.5, 0.6) is 0 Å². The van der Waals surface area contributed by atoms with E-state index < -0.39 is 11.8 Å². The van der Waals surface area contributed by atoms with Crippen LogP contribution in [0.1, 0.15) is 16.9 Å². The molecule has 2 amide bonds. The summed E-state index contributed by atoms with van der Waals surface area (Å²) in [7, 11) is 2.03. The molecule has 0 saturated carbocycles. The lowest BCUT2D eigenvalue weighted by molar-refractivity contribution is -0.124. The number of fused-ring (bicyclic) bond motifs is 4. The summed E-state index contributed by atoms with van der Waals surface area (Å²) in [5, 5.41) is 1.04. The Morgan fingerprint density at radius 2 is 1.93 bits per heavy atom. The van der Waals surface area contributed by atoms with Gasteiger partial charge in [-0.05, 0) is 43.3 Å². The van der Waals surface area contributed by atoms with Gasteiger partial charge in [0, 0.05) is 23.0 Å². The Hall–Kier alpha value is -2.75. The standard InChI is InChI=1S/C19H16ClN5O3S/c1-23-7-6-12-13(9-23)29-17-16(12)18(28)25-19(21-17)24(15(27)8-14(26)22-25)11-4-2-10(20)3-5-11/h2-5H,6-9H2,1H3,(H,22,26). The smallest absolute Gasteiger partial charge is 0.283 e. The maximum Gasteiger partial charge on any atom is 0.283 e. The first-order valence-corrected chi connectivity index (χ1v) is 10.3. The molecule has 1 aromatic carbocycles. The lowest BCUT2D eigenvalue weighted by Gasteiger charge is -2.22. The first-order valence-electron chi connectivity index (χ1n) is 9.06. The predicted molar refractivity (Wildman–Crippen MR) is 112 cm³/mol. The van der Waals surface area contributed by atoms with Crippen LogP contribution in [0.15, 0.2) is 29.1 Å². The number of carbonyl (C=O) groups is 2. The van der Waals surface area contributed by atoms with E-state index in [1.807, 2.05) is 7.05 Å². The van der Waals surface area contributed by atoms with Crippen LogP contribution in [0.2, 0.25) is 5.02 Å². The van der Waals surface area contributed by atoms with Crippen molar-refractivity contribution in [2.75, 3.05) is 23.9 Å². The highest BCUT2D eigenvalue weighted by Crippen LogP contribution is 2.35. The van der Waals surface area contributed by atoms with Crippen LogP contribution in [0.25, 0.3) is 10.2 Å². The summed E-state index contributed by atoms with van der Waals surface area (Å²) in [5.41, 5.74) is 3.64. The van der Waals surface area contributed by atoms with Gasteiger partial charge in [0.2, 0.25) is 17.8 Å². The number of rotatable bonds is 1. The van der Waals surface area contributed by atoms with Gasteiger partial charge < -0.3 is 4.90 Å². The quantitative estimate of drug-likeness (QED) is 0.599. The number of anilines is 2. The van der Waals surface area contributed by atoms with Gasteiger partial charge in [0.25, 0.3) is 5.56 Å². The number of aromatic nitrogens is 2. The van der Waals surface area contributed by atoms with Gasteiger partial charge in [-0.2, -0.15) is 4.68 Å². The lowest BCUT2D eigenvalue weighted by atomic mass is 10.1. The molecule has 0 radical (unpaired) electrons. The molecule has 29 heavy (non-hydrogen) atoms. The molecule has 4 heterocycles. The molecule has 0 saturated heterocycles. The van der Waals surface area contributed by atoms with E-state index in [4.69, 9.17) is 11.6 Å². The number of hydrogen-bond donors (Lipinski definition) is 1. The summed E-state index contributed by atoms with van der Waals surface area (Å²) in [6, 6.07) is 6.60. The van der Waals surface area contributed by atoms with Gasteiger partial charge >= 0.3 is 0 Å². The van der Waals surface area contributed by atoms with E-state index in [1.165, 1.54) is 16.2 Å². The number of thiophene rings is 1. The molecule has 10 heteroatoms. The predicted octanol–water partition coefficient (Wildman–Crippen LogP) is 2.24. The molecule has 0 spiro atoms. The normalized spacial score (nSPS) is 17.1. The molecule has 2 aliphatic rings. The fourth-order valence-corrected chi connectivity index (χ4v) is 5.16. The number of carbonyl (C=O) groups excluding carboxylic acids is 2. The highest BCUT2D eigenvalue weighted by molar-refractivity contribution is 7.18. The van der Waals surface area contributed by atoms with E-state index in [1.54, 1.807) is 24.3 Å². The molecular formula is C19H16ClN5O3S. The van der Waals surface area contributed by atoms with Gasteiger partial charge in [-0.1, -0.05) is 11.6 Å². The maximum atomic E-state index is 13.4.